The van der Waals surface area contributed by atoms with Gasteiger partial charge in [0.1, 0.15) is 19.3 Å². The normalized spacial score (nSPS) is 14.1. The first-order valence-corrected chi connectivity index (χ1v) is 42.7. The Bertz CT molecular complexity index is 1880. The van der Waals surface area contributed by atoms with Crippen LogP contribution in [0.25, 0.3) is 0 Å². The average Bonchev–Trinajstić information content (AvgIpc) is 1.29. The maximum absolute atomic E-state index is 13.1. The third kappa shape index (κ3) is 70.5. The van der Waals surface area contributed by atoms with Crippen molar-refractivity contribution in [2.45, 2.75) is 408 Å². The second-order valence-electron chi connectivity index (χ2n) is 29.7. The summed E-state index contributed by atoms with van der Waals surface area (Å²) in [5.41, 5.74) is 0. The van der Waals surface area contributed by atoms with Gasteiger partial charge in [-0.2, -0.15) is 0 Å². The van der Waals surface area contributed by atoms with Gasteiger partial charge < -0.3 is 33.8 Å². The highest BCUT2D eigenvalue weighted by Crippen LogP contribution is 2.45. The minimum Gasteiger partial charge on any atom is -0.462 e. The average molecular weight is 1410 g/mol. The number of carbonyl (C=O) groups excluding carboxylic acids is 4. The molecule has 0 fully saturated rings. The molecule has 0 rings (SSSR count). The van der Waals surface area contributed by atoms with Gasteiger partial charge >= 0.3 is 39.5 Å². The van der Waals surface area contributed by atoms with E-state index in [1.165, 1.54) is 186 Å². The highest BCUT2D eigenvalue weighted by molar-refractivity contribution is 7.47. The van der Waals surface area contributed by atoms with E-state index in [2.05, 4.69) is 55.4 Å². The largest absolute Gasteiger partial charge is 0.472 e. The molecule has 0 spiro atoms. The molecule has 0 aromatic heterocycles. The van der Waals surface area contributed by atoms with Crippen LogP contribution in [0.2, 0.25) is 0 Å². The quantitative estimate of drug-likeness (QED) is 0.0222. The first-order valence-electron chi connectivity index (χ1n) is 39.7. The number of phosphoric acid groups is 2. The monoisotopic (exact) mass is 1410 g/mol. The third-order valence-electron chi connectivity index (χ3n) is 17.8. The van der Waals surface area contributed by atoms with E-state index in [1.807, 2.05) is 0 Å². The molecular weight excluding hydrogens is 1260 g/mol. The highest BCUT2D eigenvalue weighted by atomic mass is 31.2. The van der Waals surface area contributed by atoms with E-state index in [9.17, 15) is 43.2 Å². The number of unbranched alkanes of at least 4 members (excludes halogenated alkanes) is 40. The van der Waals surface area contributed by atoms with E-state index in [0.29, 0.717) is 31.6 Å². The van der Waals surface area contributed by atoms with Gasteiger partial charge in [0.05, 0.1) is 26.4 Å². The molecule has 0 aromatic rings. The van der Waals surface area contributed by atoms with Gasteiger partial charge in [0.15, 0.2) is 12.2 Å². The van der Waals surface area contributed by atoms with Crippen molar-refractivity contribution in [1.82, 2.24) is 0 Å². The van der Waals surface area contributed by atoms with E-state index in [1.54, 1.807) is 0 Å². The summed E-state index contributed by atoms with van der Waals surface area (Å²) < 4.78 is 68.5. The topological polar surface area (TPSA) is 237 Å². The van der Waals surface area contributed by atoms with E-state index in [0.717, 1.165) is 114 Å². The number of ether oxygens (including phenoxy) is 4. The lowest BCUT2D eigenvalue weighted by Gasteiger charge is -2.21. The summed E-state index contributed by atoms with van der Waals surface area (Å²) in [5.74, 6) is 0.899. The first-order chi connectivity index (χ1) is 46.1. The van der Waals surface area contributed by atoms with Crippen molar-refractivity contribution in [3.63, 3.8) is 0 Å². The molecule has 0 heterocycles. The van der Waals surface area contributed by atoms with Crippen molar-refractivity contribution in [1.29, 1.82) is 0 Å². The van der Waals surface area contributed by atoms with Crippen LogP contribution in [0.3, 0.4) is 0 Å². The van der Waals surface area contributed by atoms with Gasteiger partial charge in [-0.25, -0.2) is 9.13 Å². The highest BCUT2D eigenvalue weighted by Gasteiger charge is 2.30. The number of hydrogen-bond acceptors (Lipinski definition) is 15. The molecule has 0 bridgehead atoms. The molecule has 3 N–H and O–H groups in total. The maximum atomic E-state index is 13.1. The van der Waals surface area contributed by atoms with E-state index >= 15 is 0 Å². The van der Waals surface area contributed by atoms with E-state index < -0.39 is 97.5 Å². The molecular formula is C77H150O17P2. The SMILES string of the molecule is CC(C)CCCCCCCCCCCCCCCCCCCCC(=O)O[C@H](COC(=O)CCCCCCCCCC(C)C)COP(=O)(O)OCC(O)COP(=O)(O)OC[C@@H](COC(=O)CCCCCCCCCCCCC(C)C)OC(=O)CCCCCCCCCCCC(C)C. The van der Waals surface area contributed by atoms with Crippen molar-refractivity contribution in [2.24, 2.45) is 23.7 Å². The molecule has 0 saturated carbocycles. The van der Waals surface area contributed by atoms with Crippen LogP contribution in [-0.4, -0.2) is 96.7 Å². The molecule has 0 aromatic carbocycles. The van der Waals surface area contributed by atoms with Gasteiger partial charge in [0.2, 0.25) is 0 Å². The van der Waals surface area contributed by atoms with Gasteiger partial charge in [-0.3, -0.25) is 37.3 Å². The molecule has 19 heteroatoms. The zero-order valence-corrected chi connectivity index (χ0v) is 64.8. The summed E-state index contributed by atoms with van der Waals surface area (Å²) in [6.07, 6.45) is 51.5. The Balaban J connectivity index is 5.19. The van der Waals surface area contributed by atoms with Crippen molar-refractivity contribution >= 4 is 39.5 Å². The molecule has 96 heavy (non-hydrogen) atoms. The maximum Gasteiger partial charge on any atom is 0.472 e. The standard InChI is InChI=1S/C77H150O17P2/c1-67(2)53-45-37-29-22-17-15-13-11-9-10-12-14-16-18-26-34-43-51-59-76(81)93-73(64-88-75(80)58-50-42-36-28-32-40-48-56-70(7)8)66-92-96(85,86)90-62-71(78)61-89-95(83,84)91-65-72(94-77(82)60-52-44-35-27-21-24-31-39-47-55-69(5)6)63-87-74(79)57-49-41-33-25-20-19-23-30-38-46-54-68(3)4/h67-73,78H,9-66H2,1-8H3,(H,83,84)(H,85,86)/t71?,72-,73-/m1/s1. The van der Waals surface area contributed by atoms with Gasteiger partial charge in [-0.15, -0.1) is 0 Å². The fraction of sp³-hybridized carbons (Fsp3) is 0.948. The molecule has 0 aliphatic heterocycles. The Labute approximate surface area is 588 Å². The number of esters is 4. The molecule has 0 aliphatic rings. The molecule has 3 unspecified atom stereocenters. The summed E-state index contributed by atoms with van der Waals surface area (Å²) in [6, 6.07) is 0. The number of carbonyl (C=O) groups is 4. The summed E-state index contributed by atoms with van der Waals surface area (Å²) in [5, 5.41) is 10.6. The fourth-order valence-corrected chi connectivity index (χ4v) is 13.3. The minimum absolute atomic E-state index is 0.105. The molecule has 0 saturated heterocycles. The summed E-state index contributed by atoms with van der Waals surface area (Å²) >= 11 is 0. The van der Waals surface area contributed by atoms with Crippen LogP contribution in [0.4, 0.5) is 0 Å². The Morgan fingerprint density at radius 2 is 0.438 bits per heavy atom. The Hall–Kier alpha value is -1.94. The Kier molecular flexibility index (Phi) is 65.0. The summed E-state index contributed by atoms with van der Waals surface area (Å²) in [6.45, 7) is 14.2. The van der Waals surface area contributed by atoms with Gasteiger partial charge in [0.25, 0.3) is 0 Å². The number of aliphatic hydroxyl groups excluding tert-OH is 1. The van der Waals surface area contributed by atoms with Gasteiger partial charge in [0, 0.05) is 25.7 Å². The molecule has 0 aliphatic carbocycles. The predicted octanol–water partition coefficient (Wildman–Crippen LogP) is 22.4. The van der Waals surface area contributed by atoms with Crippen LogP contribution in [0, 0.1) is 23.7 Å². The van der Waals surface area contributed by atoms with Gasteiger partial charge in [-0.1, -0.05) is 338 Å². The summed E-state index contributed by atoms with van der Waals surface area (Å²) in [7, 11) is -9.91. The lowest BCUT2D eigenvalue weighted by molar-refractivity contribution is -0.161. The van der Waals surface area contributed by atoms with E-state index in [-0.39, 0.29) is 25.7 Å². The fourth-order valence-electron chi connectivity index (χ4n) is 11.7. The molecule has 17 nitrogen and oxygen atoms in total. The molecule has 570 valence electrons. The zero-order chi connectivity index (χ0) is 71.0. The molecule has 0 radical (unpaired) electrons. The lowest BCUT2D eigenvalue weighted by atomic mass is 10.0. The van der Waals surface area contributed by atoms with Crippen LogP contribution < -0.4 is 0 Å². The molecule has 0 amide bonds. The van der Waals surface area contributed by atoms with Crippen LogP contribution >= 0.6 is 15.6 Å². The Morgan fingerprint density at radius 1 is 0.260 bits per heavy atom. The number of phosphoric ester groups is 2. The third-order valence-corrected chi connectivity index (χ3v) is 19.7. The minimum atomic E-state index is -4.96. The van der Waals surface area contributed by atoms with Crippen LogP contribution in [0.5, 0.6) is 0 Å². The van der Waals surface area contributed by atoms with Crippen LogP contribution in [0.1, 0.15) is 389 Å². The van der Waals surface area contributed by atoms with Crippen LogP contribution in [0.15, 0.2) is 0 Å². The van der Waals surface area contributed by atoms with Crippen molar-refractivity contribution in [3.05, 3.63) is 0 Å². The second kappa shape index (κ2) is 66.3. The Morgan fingerprint density at radius 3 is 0.646 bits per heavy atom. The smallest absolute Gasteiger partial charge is 0.462 e. The zero-order valence-electron chi connectivity index (χ0n) is 63.0. The van der Waals surface area contributed by atoms with E-state index in [4.69, 9.17) is 37.0 Å². The molecule has 5 atom stereocenters. The number of aliphatic hydroxyl groups is 1. The van der Waals surface area contributed by atoms with Gasteiger partial charge in [-0.05, 0) is 49.4 Å². The van der Waals surface area contributed by atoms with Crippen molar-refractivity contribution < 1.29 is 80.2 Å². The second-order valence-corrected chi connectivity index (χ2v) is 32.6. The predicted molar refractivity (Wildman–Crippen MR) is 391 cm³/mol. The number of rotatable bonds is 74. The number of hydrogen-bond donors (Lipinski definition) is 3. The first kappa shape index (κ1) is 94.1. The van der Waals surface area contributed by atoms with Crippen LogP contribution in [-0.2, 0) is 65.4 Å². The van der Waals surface area contributed by atoms with Crippen molar-refractivity contribution in [3.8, 4) is 0 Å². The lowest BCUT2D eigenvalue weighted by Crippen LogP contribution is -2.30. The summed E-state index contributed by atoms with van der Waals surface area (Å²) in [4.78, 5) is 72.8. The van der Waals surface area contributed by atoms with Crippen molar-refractivity contribution in [2.75, 3.05) is 39.6 Å².